The van der Waals surface area contributed by atoms with E-state index >= 15 is 0 Å². The molecule has 0 aliphatic heterocycles. The Kier molecular flexibility index (Phi) is 13.2. The highest BCUT2D eigenvalue weighted by atomic mass is 32.2. The van der Waals surface area contributed by atoms with Crippen molar-refractivity contribution in [3.8, 4) is 34.8 Å². The van der Waals surface area contributed by atoms with Crippen molar-refractivity contribution in [1.29, 1.82) is 0 Å². The van der Waals surface area contributed by atoms with E-state index in [1.165, 1.54) is 31.6 Å². The predicted molar refractivity (Wildman–Crippen MR) is 175 cm³/mol. The zero-order valence-corrected chi connectivity index (χ0v) is 28.6. The number of carbonyl (C=O) groups excluding carboxylic acids is 1. The number of hydrogen-bond donors (Lipinski definition) is 3. The van der Waals surface area contributed by atoms with Gasteiger partial charge in [0, 0.05) is 12.4 Å². The summed E-state index contributed by atoms with van der Waals surface area (Å²) in [4.78, 5) is 33.7. The van der Waals surface area contributed by atoms with Crippen LogP contribution < -0.4 is 18.9 Å². The Morgan fingerprint density at radius 3 is 2.16 bits per heavy atom. The topological polar surface area (TPSA) is 214 Å². The zero-order chi connectivity index (χ0) is 36.1. The molecular formula is C32H38N6O11S. The number of carbonyl (C=O) groups is 1. The van der Waals surface area contributed by atoms with Crippen molar-refractivity contribution in [2.75, 3.05) is 38.3 Å². The largest absolute Gasteiger partial charge is 0.508 e. The van der Waals surface area contributed by atoms with Crippen LogP contribution in [0, 0.1) is 0 Å². The lowest BCUT2D eigenvalue weighted by molar-refractivity contribution is -0.492. The number of benzene rings is 2. The van der Waals surface area contributed by atoms with Crippen molar-refractivity contribution in [2.45, 2.75) is 43.9 Å². The Labute approximate surface area is 288 Å². The first kappa shape index (κ1) is 37.7. The number of nitrogens with zero attached hydrogens (tertiary/aromatic N) is 5. The number of hydrogen-bond acceptors (Lipinski definition) is 16. The van der Waals surface area contributed by atoms with E-state index in [9.17, 15) is 13.2 Å². The van der Waals surface area contributed by atoms with E-state index in [1.807, 2.05) is 20.8 Å². The molecule has 17 nitrogen and oxygen atoms in total. The summed E-state index contributed by atoms with van der Waals surface area (Å²) < 4.78 is 57.5. The molecule has 0 aliphatic rings. The van der Waals surface area contributed by atoms with Crippen molar-refractivity contribution >= 4 is 22.0 Å². The van der Waals surface area contributed by atoms with Crippen LogP contribution in [0.1, 0.15) is 39.2 Å². The van der Waals surface area contributed by atoms with E-state index in [2.05, 4.69) is 29.5 Å². The maximum absolute atomic E-state index is 13.7. The Bertz CT molecular complexity index is 1810. The molecule has 0 saturated heterocycles. The van der Waals surface area contributed by atoms with Gasteiger partial charge in [-0.15, -0.1) is 0 Å². The van der Waals surface area contributed by atoms with Crippen molar-refractivity contribution in [2.24, 2.45) is 0 Å². The molecule has 0 bridgehead atoms. The van der Waals surface area contributed by atoms with Gasteiger partial charge < -0.3 is 23.7 Å². The van der Waals surface area contributed by atoms with E-state index in [0.29, 0.717) is 18.6 Å². The van der Waals surface area contributed by atoms with E-state index < -0.39 is 21.6 Å². The van der Waals surface area contributed by atoms with E-state index in [0.717, 1.165) is 5.56 Å². The van der Waals surface area contributed by atoms with Gasteiger partial charge in [-0.2, -0.15) is 4.98 Å². The summed E-state index contributed by atoms with van der Waals surface area (Å²) in [5, 5.41) is 16.6. The Balaban J connectivity index is 1.62. The van der Waals surface area contributed by atoms with Crippen LogP contribution in [0.15, 0.2) is 71.9 Å². The molecule has 268 valence electrons. The molecule has 2 aromatic carbocycles. The van der Waals surface area contributed by atoms with Crippen LogP contribution in [0.3, 0.4) is 0 Å². The van der Waals surface area contributed by atoms with Crippen LogP contribution in [-0.2, 0) is 29.7 Å². The molecule has 18 heteroatoms. The highest BCUT2D eigenvalue weighted by Crippen LogP contribution is 2.41. The van der Waals surface area contributed by atoms with E-state index in [4.69, 9.17) is 34.1 Å². The normalized spacial score (nSPS) is 11.6. The summed E-state index contributed by atoms with van der Waals surface area (Å²) >= 11 is 0. The standard InChI is InChI=1S/C32H38N6O11S/c1-32(2,3)22-12-14-23(15-13-22)50(42,43)37-27-26(49-25-11-6-5-10-24(25)44-4)30(36-29(35-27)28-33-16-9-17-34-28)45-20-21-47-31(39)46-18-7-8-19-48-38(40)41/h5-6,9-17,40-41H,7-8,18-21H2,1-4H3,(H,35,36,37). The van der Waals surface area contributed by atoms with Gasteiger partial charge in [0.1, 0.15) is 13.2 Å². The van der Waals surface area contributed by atoms with Gasteiger partial charge in [0.15, 0.2) is 23.1 Å². The van der Waals surface area contributed by atoms with Crippen LogP contribution in [0.4, 0.5) is 10.6 Å². The minimum atomic E-state index is -4.25. The summed E-state index contributed by atoms with van der Waals surface area (Å²) in [6.45, 7) is 5.49. The van der Waals surface area contributed by atoms with Gasteiger partial charge in [-0.1, -0.05) is 45.0 Å². The van der Waals surface area contributed by atoms with Crippen LogP contribution in [-0.4, -0.2) is 83.9 Å². The summed E-state index contributed by atoms with van der Waals surface area (Å²) in [5.41, 5.74) is 0.741. The predicted octanol–water partition coefficient (Wildman–Crippen LogP) is 5.16. The molecule has 0 radical (unpaired) electrons. The Hall–Kier alpha value is -5.14. The molecule has 0 fully saturated rings. The summed E-state index contributed by atoms with van der Waals surface area (Å²) in [6, 6.07) is 14.7. The van der Waals surface area contributed by atoms with E-state index in [1.54, 1.807) is 42.5 Å². The number of para-hydroxylation sites is 2. The molecule has 0 unspecified atom stereocenters. The average molecular weight is 715 g/mol. The second-order valence-electron chi connectivity index (χ2n) is 11.3. The number of aromatic nitrogens is 4. The molecule has 2 aromatic heterocycles. The van der Waals surface area contributed by atoms with Gasteiger partial charge in [-0.05, 0) is 54.2 Å². The molecule has 4 aromatic rings. The fourth-order valence-corrected chi connectivity index (χ4v) is 5.15. The maximum atomic E-state index is 13.7. The summed E-state index contributed by atoms with van der Waals surface area (Å²) in [7, 11) is -2.80. The number of rotatable bonds is 17. The third-order valence-electron chi connectivity index (χ3n) is 6.65. The lowest BCUT2D eigenvalue weighted by Gasteiger charge is -2.20. The first-order chi connectivity index (χ1) is 23.9. The van der Waals surface area contributed by atoms with Crippen LogP contribution in [0.25, 0.3) is 11.6 Å². The Morgan fingerprint density at radius 2 is 1.50 bits per heavy atom. The molecule has 3 N–H and O–H groups in total. The number of unbranched alkanes of at least 4 members (excludes halogenated alkanes) is 1. The fourth-order valence-electron chi connectivity index (χ4n) is 4.15. The fraction of sp³-hybridized carbons (Fsp3) is 0.344. The van der Waals surface area contributed by atoms with Crippen LogP contribution >= 0.6 is 0 Å². The second-order valence-corrected chi connectivity index (χ2v) is 13.0. The third-order valence-corrected chi connectivity index (χ3v) is 8.01. The van der Waals surface area contributed by atoms with Gasteiger partial charge in [-0.25, -0.2) is 28.2 Å². The first-order valence-corrected chi connectivity index (χ1v) is 16.7. The molecule has 2 heterocycles. The first-order valence-electron chi connectivity index (χ1n) is 15.2. The number of methoxy groups -OCH3 is 1. The van der Waals surface area contributed by atoms with Gasteiger partial charge in [0.25, 0.3) is 15.9 Å². The van der Waals surface area contributed by atoms with Gasteiger partial charge >= 0.3 is 6.16 Å². The third kappa shape index (κ3) is 10.9. The van der Waals surface area contributed by atoms with E-state index in [-0.39, 0.29) is 71.6 Å². The molecular weight excluding hydrogens is 676 g/mol. The number of anilines is 1. The monoisotopic (exact) mass is 714 g/mol. The van der Waals surface area contributed by atoms with Crippen molar-refractivity contribution in [3.05, 3.63) is 72.6 Å². The Morgan fingerprint density at radius 1 is 0.840 bits per heavy atom. The van der Waals surface area contributed by atoms with Crippen LogP contribution in [0.2, 0.25) is 0 Å². The summed E-state index contributed by atoms with van der Waals surface area (Å²) in [5.74, 6) is -0.263. The van der Waals surface area contributed by atoms with Gasteiger partial charge in [-0.3, -0.25) is 20.0 Å². The summed E-state index contributed by atoms with van der Waals surface area (Å²) in [6.07, 6.45) is 2.70. The lowest BCUT2D eigenvalue weighted by atomic mass is 9.87. The average Bonchev–Trinajstić information content (AvgIpc) is 3.09. The number of ether oxygens (including phenoxy) is 5. The zero-order valence-electron chi connectivity index (χ0n) is 27.8. The maximum Gasteiger partial charge on any atom is 0.508 e. The quantitative estimate of drug-likeness (QED) is 0.0732. The van der Waals surface area contributed by atoms with Gasteiger partial charge in [0.05, 0.1) is 30.6 Å². The highest BCUT2D eigenvalue weighted by Gasteiger charge is 2.26. The lowest BCUT2D eigenvalue weighted by Crippen LogP contribution is -2.18. The smallest absolute Gasteiger partial charge is 0.493 e. The minimum absolute atomic E-state index is 0.00488. The highest BCUT2D eigenvalue weighted by molar-refractivity contribution is 7.92. The van der Waals surface area contributed by atoms with Crippen molar-refractivity contribution in [3.63, 3.8) is 0 Å². The number of nitrogens with one attached hydrogen (secondary N) is 1. The van der Waals surface area contributed by atoms with Crippen LogP contribution in [0.5, 0.6) is 23.1 Å². The molecule has 4 rings (SSSR count). The van der Waals surface area contributed by atoms with Gasteiger partial charge in [0.2, 0.25) is 11.6 Å². The molecule has 0 atom stereocenters. The SMILES string of the molecule is COc1ccccc1Oc1c(NS(=O)(=O)c2ccc(C(C)(C)C)cc2)nc(-c2ncccn2)nc1OCCOC(=O)OCCCCON(O)O. The molecule has 0 spiro atoms. The molecule has 0 saturated carbocycles. The van der Waals surface area contributed by atoms with Crippen molar-refractivity contribution < 1.29 is 52.1 Å². The van der Waals surface area contributed by atoms with Crippen molar-refractivity contribution in [1.82, 2.24) is 25.3 Å². The molecule has 0 amide bonds. The molecule has 50 heavy (non-hydrogen) atoms. The second kappa shape index (κ2) is 17.5. The minimum Gasteiger partial charge on any atom is -0.493 e. The number of sulfonamides is 1. The molecule has 0 aliphatic carbocycles.